The number of ether oxygens (including phenoxy) is 3. The molecule has 0 spiro atoms. The second-order valence-corrected chi connectivity index (χ2v) is 5.56. The zero-order chi connectivity index (χ0) is 19.8. The van der Waals surface area contributed by atoms with Gasteiger partial charge in [0.25, 0.3) is 0 Å². The predicted octanol–water partition coefficient (Wildman–Crippen LogP) is 2.98. The molecule has 2 aromatic rings. The highest BCUT2D eigenvalue weighted by molar-refractivity contribution is 5.81. The number of amides is 1. The van der Waals surface area contributed by atoms with E-state index in [1.165, 1.54) is 7.11 Å². The third-order valence-electron chi connectivity index (χ3n) is 3.75. The lowest BCUT2D eigenvalue weighted by Gasteiger charge is -2.17. The summed E-state index contributed by atoms with van der Waals surface area (Å²) in [4.78, 5) is 23.9. The van der Waals surface area contributed by atoms with Gasteiger partial charge in [0.05, 0.1) is 14.2 Å². The predicted molar refractivity (Wildman–Crippen MR) is 92.2 cm³/mol. The number of hydrogen-bond donors (Lipinski definition) is 1. The Bertz CT molecular complexity index is 775. The van der Waals surface area contributed by atoms with E-state index in [0.717, 1.165) is 24.8 Å². The van der Waals surface area contributed by atoms with E-state index in [2.05, 4.69) is 10.1 Å². The molecule has 0 bridgehead atoms. The molecule has 0 aliphatic rings. The van der Waals surface area contributed by atoms with E-state index in [1.54, 1.807) is 24.3 Å². The van der Waals surface area contributed by atoms with Crippen molar-refractivity contribution in [1.82, 2.24) is 5.32 Å². The van der Waals surface area contributed by atoms with Gasteiger partial charge in [-0.2, -0.15) is 0 Å². The standard InChI is InChI=1S/C19H19F2NO5/c1-25-13-8-15(20)14(16(21)9-13)10-17(18(23)26-2)22-19(24)27-11-12-6-4-3-5-7-12/h3-9,17H,10-11H2,1-2H3,(H,22,24)/t17-/m0/s1. The molecular weight excluding hydrogens is 360 g/mol. The van der Waals surface area contributed by atoms with Crippen LogP contribution in [0.3, 0.4) is 0 Å². The molecule has 1 N–H and O–H groups in total. The van der Waals surface area contributed by atoms with Crippen LogP contribution in [0.15, 0.2) is 42.5 Å². The zero-order valence-electron chi connectivity index (χ0n) is 14.8. The molecule has 1 amide bonds. The molecule has 0 saturated heterocycles. The molecule has 0 radical (unpaired) electrons. The molecule has 0 unspecified atom stereocenters. The highest BCUT2D eigenvalue weighted by atomic mass is 19.1. The van der Waals surface area contributed by atoms with Crippen molar-refractivity contribution in [3.63, 3.8) is 0 Å². The summed E-state index contributed by atoms with van der Waals surface area (Å²) in [5, 5.41) is 2.27. The fourth-order valence-electron chi connectivity index (χ4n) is 2.34. The van der Waals surface area contributed by atoms with Crippen molar-refractivity contribution < 1.29 is 32.6 Å². The van der Waals surface area contributed by atoms with Crippen LogP contribution in [-0.4, -0.2) is 32.3 Å². The third kappa shape index (κ3) is 5.67. The Morgan fingerprint density at radius 1 is 1.07 bits per heavy atom. The van der Waals surface area contributed by atoms with E-state index < -0.39 is 36.2 Å². The summed E-state index contributed by atoms with van der Waals surface area (Å²) in [6.45, 7) is -0.0220. The van der Waals surface area contributed by atoms with Crippen LogP contribution < -0.4 is 10.1 Å². The third-order valence-corrected chi connectivity index (χ3v) is 3.75. The number of methoxy groups -OCH3 is 2. The average Bonchev–Trinajstić information content (AvgIpc) is 2.68. The first kappa shape index (κ1) is 20.2. The van der Waals surface area contributed by atoms with Gasteiger partial charge in [0, 0.05) is 24.1 Å². The smallest absolute Gasteiger partial charge is 0.408 e. The Morgan fingerprint density at radius 3 is 2.26 bits per heavy atom. The second kappa shape index (κ2) is 9.51. The van der Waals surface area contributed by atoms with Crippen molar-refractivity contribution in [2.24, 2.45) is 0 Å². The van der Waals surface area contributed by atoms with Crippen LogP contribution in [0.1, 0.15) is 11.1 Å². The lowest BCUT2D eigenvalue weighted by Crippen LogP contribution is -2.43. The van der Waals surface area contributed by atoms with Crippen molar-refractivity contribution in [3.05, 3.63) is 65.2 Å². The molecule has 2 aromatic carbocycles. The molecule has 1 atom stereocenters. The number of hydrogen-bond acceptors (Lipinski definition) is 5. The molecule has 8 heteroatoms. The van der Waals surface area contributed by atoms with Crippen molar-refractivity contribution in [2.45, 2.75) is 19.1 Å². The lowest BCUT2D eigenvalue weighted by atomic mass is 10.0. The van der Waals surface area contributed by atoms with E-state index in [4.69, 9.17) is 9.47 Å². The molecule has 0 aliphatic heterocycles. The van der Waals surface area contributed by atoms with Crippen LogP contribution >= 0.6 is 0 Å². The minimum atomic E-state index is -1.32. The van der Waals surface area contributed by atoms with Gasteiger partial charge in [0.1, 0.15) is 30.0 Å². The molecule has 6 nitrogen and oxygen atoms in total. The number of rotatable bonds is 7. The fourth-order valence-corrected chi connectivity index (χ4v) is 2.34. The first-order chi connectivity index (χ1) is 12.9. The number of esters is 1. The molecule has 2 rings (SSSR count). The van der Waals surface area contributed by atoms with Gasteiger partial charge in [0.15, 0.2) is 0 Å². The zero-order valence-corrected chi connectivity index (χ0v) is 14.8. The molecular formula is C19H19F2NO5. The fraction of sp³-hybridized carbons (Fsp3) is 0.263. The normalized spacial score (nSPS) is 11.4. The topological polar surface area (TPSA) is 73.9 Å². The van der Waals surface area contributed by atoms with Gasteiger partial charge in [-0.15, -0.1) is 0 Å². The highest BCUT2D eigenvalue weighted by Crippen LogP contribution is 2.22. The van der Waals surface area contributed by atoms with E-state index >= 15 is 0 Å². The van der Waals surface area contributed by atoms with Crippen LogP contribution in [0, 0.1) is 11.6 Å². The summed E-state index contributed by atoms with van der Waals surface area (Å²) >= 11 is 0. The molecule has 0 heterocycles. The summed E-state index contributed by atoms with van der Waals surface area (Å²) in [5.41, 5.74) is 0.365. The lowest BCUT2D eigenvalue weighted by molar-refractivity contribution is -0.143. The van der Waals surface area contributed by atoms with E-state index in [9.17, 15) is 18.4 Å². The van der Waals surface area contributed by atoms with Crippen LogP contribution in [0.2, 0.25) is 0 Å². The maximum Gasteiger partial charge on any atom is 0.408 e. The first-order valence-electron chi connectivity index (χ1n) is 8.01. The minimum absolute atomic E-state index is 0.00130. The SMILES string of the molecule is COC(=O)[C@H](Cc1c(F)cc(OC)cc1F)NC(=O)OCc1ccccc1. The van der Waals surface area contributed by atoms with Crippen molar-refractivity contribution in [3.8, 4) is 5.75 Å². The Labute approximate surface area is 155 Å². The minimum Gasteiger partial charge on any atom is -0.497 e. The Hall–Kier alpha value is -3.16. The number of carbonyl (C=O) groups is 2. The number of carbonyl (C=O) groups excluding carboxylic acids is 2. The molecule has 0 aromatic heterocycles. The number of alkyl carbamates (subject to hydrolysis) is 1. The van der Waals surface area contributed by atoms with Gasteiger partial charge in [0.2, 0.25) is 0 Å². The van der Waals surface area contributed by atoms with Gasteiger partial charge in [-0.25, -0.2) is 18.4 Å². The van der Waals surface area contributed by atoms with Gasteiger partial charge in [-0.1, -0.05) is 30.3 Å². The Balaban J connectivity index is 2.07. The quantitative estimate of drug-likeness (QED) is 0.749. The maximum atomic E-state index is 14.1. The van der Waals surface area contributed by atoms with Gasteiger partial charge >= 0.3 is 12.1 Å². The molecule has 0 saturated carbocycles. The van der Waals surface area contributed by atoms with Gasteiger partial charge < -0.3 is 19.5 Å². The van der Waals surface area contributed by atoms with Crippen LogP contribution in [-0.2, 0) is 27.3 Å². The summed E-state index contributed by atoms with van der Waals surface area (Å²) in [7, 11) is 2.38. The summed E-state index contributed by atoms with van der Waals surface area (Å²) in [5.74, 6) is -2.67. The van der Waals surface area contributed by atoms with E-state index in [-0.39, 0.29) is 17.9 Å². The van der Waals surface area contributed by atoms with E-state index in [0.29, 0.717) is 0 Å². The maximum absolute atomic E-state index is 14.1. The molecule has 144 valence electrons. The van der Waals surface area contributed by atoms with E-state index in [1.807, 2.05) is 6.07 Å². The molecule has 27 heavy (non-hydrogen) atoms. The summed E-state index contributed by atoms with van der Waals surface area (Å²) in [6, 6.07) is 9.54. The van der Waals surface area contributed by atoms with Gasteiger partial charge in [-0.05, 0) is 5.56 Å². The summed E-state index contributed by atoms with van der Waals surface area (Å²) < 4.78 is 42.6. The largest absolute Gasteiger partial charge is 0.497 e. The average molecular weight is 379 g/mol. The summed E-state index contributed by atoms with van der Waals surface area (Å²) in [6.07, 6.45) is -1.36. The second-order valence-electron chi connectivity index (χ2n) is 5.56. The van der Waals surface area contributed by atoms with Gasteiger partial charge in [-0.3, -0.25) is 0 Å². The molecule has 0 fully saturated rings. The number of nitrogens with one attached hydrogen (secondary N) is 1. The highest BCUT2D eigenvalue weighted by Gasteiger charge is 2.26. The van der Waals surface area contributed by atoms with Crippen molar-refractivity contribution in [1.29, 1.82) is 0 Å². The van der Waals surface area contributed by atoms with Crippen molar-refractivity contribution >= 4 is 12.1 Å². The first-order valence-corrected chi connectivity index (χ1v) is 8.01. The Morgan fingerprint density at radius 2 is 1.70 bits per heavy atom. The number of benzene rings is 2. The Kier molecular flexibility index (Phi) is 7.10. The van der Waals surface area contributed by atoms with Crippen molar-refractivity contribution in [2.75, 3.05) is 14.2 Å². The monoisotopic (exact) mass is 379 g/mol. The van der Waals surface area contributed by atoms with Crippen LogP contribution in [0.5, 0.6) is 5.75 Å². The van der Waals surface area contributed by atoms with Crippen LogP contribution in [0.25, 0.3) is 0 Å². The van der Waals surface area contributed by atoms with Crippen LogP contribution in [0.4, 0.5) is 13.6 Å². The number of halogens is 2. The molecule has 0 aliphatic carbocycles.